The molecule has 0 aliphatic carbocycles. The first-order valence-electron chi connectivity index (χ1n) is 38.6. The van der Waals surface area contributed by atoms with Crippen LogP contribution in [-0.4, -0.2) is 96.7 Å². The highest BCUT2D eigenvalue weighted by Gasteiger charge is 2.30. The Bertz CT molecular complexity index is 1880. The Morgan fingerprint density at radius 3 is 0.777 bits per heavy atom. The van der Waals surface area contributed by atoms with Gasteiger partial charge in [-0.25, -0.2) is 9.13 Å². The molecule has 0 spiro atoms. The number of aliphatic hydroxyl groups excluding tert-OH is 1. The Labute approximate surface area is 573 Å². The van der Waals surface area contributed by atoms with Crippen LogP contribution in [0.2, 0.25) is 0 Å². The number of hydrogen-bond donors (Lipinski definition) is 3. The monoisotopic (exact) mass is 1380 g/mol. The summed E-state index contributed by atoms with van der Waals surface area (Å²) in [5, 5.41) is 10.6. The minimum Gasteiger partial charge on any atom is -0.462 e. The number of unbranched alkanes of at least 4 members (excludes halogenated alkanes) is 45. The first-order valence-corrected chi connectivity index (χ1v) is 41.6. The molecular weight excluding hydrogens is 1230 g/mol. The third-order valence-electron chi connectivity index (χ3n) is 17.0. The SMILES string of the molecule is CCCCCC/C=C\C=C/CCCCCCCC(=O)O[C@H](COC(=O)CCCCCCCCCCCCCCC)COP(=O)(O)OC[C@H](O)COP(=O)(O)OC[C@@H](COC(=O)CCCCCCCCCCCCCCC)OC(=O)CCCCCCCCCCCCCCC. The van der Waals surface area contributed by atoms with Gasteiger partial charge in [-0.1, -0.05) is 322 Å². The molecule has 554 valence electrons. The zero-order valence-corrected chi connectivity index (χ0v) is 62.2. The predicted octanol–water partition coefficient (Wildman–Crippen LogP) is 21.8. The highest BCUT2D eigenvalue weighted by molar-refractivity contribution is 7.47. The molecule has 0 aromatic heterocycles. The summed E-state index contributed by atoms with van der Waals surface area (Å²) < 4.78 is 68.5. The molecule has 0 heterocycles. The van der Waals surface area contributed by atoms with E-state index in [-0.39, 0.29) is 25.7 Å². The van der Waals surface area contributed by atoms with E-state index in [1.54, 1.807) is 0 Å². The van der Waals surface area contributed by atoms with Crippen LogP contribution in [0.3, 0.4) is 0 Å². The van der Waals surface area contributed by atoms with Crippen molar-refractivity contribution in [2.75, 3.05) is 39.6 Å². The summed E-state index contributed by atoms with van der Waals surface area (Å²) in [4.78, 5) is 72.8. The maximum Gasteiger partial charge on any atom is 0.472 e. The van der Waals surface area contributed by atoms with Crippen molar-refractivity contribution in [2.24, 2.45) is 0 Å². The number of carbonyl (C=O) groups excluding carboxylic acids is 4. The van der Waals surface area contributed by atoms with Gasteiger partial charge in [-0.05, 0) is 51.4 Å². The maximum atomic E-state index is 13.1. The van der Waals surface area contributed by atoms with E-state index in [9.17, 15) is 43.2 Å². The topological polar surface area (TPSA) is 237 Å². The second-order valence-corrected chi connectivity index (χ2v) is 29.3. The molecule has 17 nitrogen and oxygen atoms in total. The van der Waals surface area contributed by atoms with Gasteiger partial charge in [-0.3, -0.25) is 37.3 Å². The molecule has 0 aliphatic heterocycles. The number of esters is 4. The molecule has 19 heteroatoms. The molecular formula is C75H142O17P2. The standard InChI is InChI=1S/C75H142O17P2/c1-5-9-13-17-21-25-29-33-34-38-42-46-50-54-58-62-75(80)92-71(66-86-73(78)60-56-52-48-44-40-36-31-27-23-19-15-11-7-3)68-90-94(83,84)88-64-69(76)63-87-93(81,82)89-67-70(91-74(79)61-57-53-49-45-41-37-32-28-24-20-16-12-8-4)65-85-72(77)59-55-51-47-43-39-35-30-26-22-18-14-10-6-2/h25,29,33-34,69-71,76H,5-24,26-28,30-32,35-68H2,1-4H3,(H,81,82)(H,83,84)/b29-25-,34-33-/t69-,70-,71-/m1/s1. The van der Waals surface area contributed by atoms with E-state index in [0.717, 1.165) is 103 Å². The van der Waals surface area contributed by atoms with E-state index in [2.05, 4.69) is 52.0 Å². The molecule has 0 aromatic carbocycles. The molecule has 0 bridgehead atoms. The molecule has 5 atom stereocenters. The highest BCUT2D eigenvalue weighted by Crippen LogP contribution is 2.45. The number of carbonyl (C=O) groups is 4. The first-order chi connectivity index (χ1) is 45.7. The van der Waals surface area contributed by atoms with Crippen LogP contribution in [0.5, 0.6) is 0 Å². The van der Waals surface area contributed by atoms with Crippen molar-refractivity contribution >= 4 is 39.5 Å². The smallest absolute Gasteiger partial charge is 0.462 e. The Kier molecular flexibility index (Phi) is 67.2. The van der Waals surface area contributed by atoms with Gasteiger partial charge in [0, 0.05) is 25.7 Å². The van der Waals surface area contributed by atoms with Gasteiger partial charge in [0.2, 0.25) is 0 Å². The van der Waals surface area contributed by atoms with Crippen LogP contribution in [0.4, 0.5) is 0 Å². The van der Waals surface area contributed by atoms with E-state index in [1.807, 2.05) is 0 Å². The van der Waals surface area contributed by atoms with E-state index >= 15 is 0 Å². The quantitative estimate of drug-likeness (QED) is 0.0169. The second-order valence-electron chi connectivity index (χ2n) is 26.4. The fourth-order valence-electron chi connectivity index (χ4n) is 11.0. The molecule has 0 rings (SSSR count). The van der Waals surface area contributed by atoms with E-state index in [4.69, 9.17) is 37.0 Å². The fourth-order valence-corrected chi connectivity index (χ4v) is 12.6. The molecule has 0 radical (unpaired) electrons. The Balaban J connectivity index is 5.30. The van der Waals surface area contributed by atoms with E-state index in [1.165, 1.54) is 193 Å². The van der Waals surface area contributed by atoms with Gasteiger partial charge < -0.3 is 33.8 Å². The van der Waals surface area contributed by atoms with Crippen LogP contribution in [-0.2, 0) is 65.4 Å². The minimum atomic E-state index is -4.96. The lowest BCUT2D eigenvalue weighted by Gasteiger charge is -2.21. The molecule has 0 fully saturated rings. The molecule has 94 heavy (non-hydrogen) atoms. The number of hydrogen-bond acceptors (Lipinski definition) is 15. The van der Waals surface area contributed by atoms with Crippen molar-refractivity contribution in [2.45, 2.75) is 393 Å². The lowest BCUT2D eigenvalue weighted by atomic mass is 10.0. The molecule has 0 aromatic rings. The molecule has 3 N–H and O–H groups in total. The van der Waals surface area contributed by atoms with Gasteiger partial charge in [0.15, 0.2) is 12.2 Å². The maximum absolute atomic E-state index is 13.1. The van der Waals surface area contributed by atoms with E-state index < -0.39 is 97.5 Å². The van der Waals surface area contributed by atoms with Gasteiger partial charge in [0.25, 0.3) is 0 Å². The molecule has 0 saturated heterocycles. The summed E-state index contributed by atoms with van der Waals surface area (Å²) in [6.45, 7) is 4.92. The number of ether oxygens (including phenoxy) is 4. The third kappa shape index (κ3) is 68.1. The van der Waals surface area contributed by atoms with Crippen LogP contribution >= 0.6 is 15.6 Å². The van der Waals surface area contributed by atoms with Crippen molar-refractivity contribution in [3.05, 3.63) is 24.3 Å². The Morgan fingerprint density at radius 1 is 0.298 bits per heavy atom. The average Bonchev–Trinajstić information content (AvgIpc) is 2.26. The van der Waals surface area contributed by atoms with Gasteiger partial charge in [-0.2, -0.15) is 0 Å². The molecule has 0 aliphatic rings. The normalized spacial score (nSPS) is 14.1. The number of phosphoric acid groups is 2. The van der Waals surface area contributed by atoms with Gasteiger partial charge in [-0.15, -0.1) is 0 Å². The van der Waals surface area contributed by atoms with E-state index in [0.29, 0.717) is 25.7 Å². The summed E-state index contributed by atoms with van der Waals surface area (Å²) in [6, 6.07) is 0. The Morgan fingerprint density at radius 2 is 0.511 bits per heavy atom. The number of aliphatic hydroxyl groups is 1. The van der Waals surface area contributed by atoms with Crippen molar-refractivity contribution in [1.82, 2.24) is 0 Å². The minimum absolute atomic E-state index is 0.0859. The van der Waals surface area contributed by atoms with Crippen LogP contribution in [0.1, 0.15) is 374 Å². The van der Waals surface area contributed by atoms with Crippen LogP contribution in [0.15, 0.2) is 24.3 Å². The van der Waals surface area contributed by atoms with Crippen LogP contribution < -0.4 is 0 Å². The van der Waals surface area contributed by atoms with Crippen molar-refractivity contribution in [3.63, 3.8) is 0 Å². The molecule has 0 amide bonds. The van der Waals surface area contributed by atoms with Crippen LogP contribution in [0, 0.1) is 0 Å². The highest BCUT2D eigenvalue weighted by atomic mass is 31.2. The second kappa shape index (κ2) is 69.0. The number of allylic oxidation sites excluding steroid dienone is 4. The summed E-state index contributed by atoms with van der Waals surface area (Å²) >= 11 is 0. The summed E-state index contributed by atoms with van der Waals surface area (Å²) in [7, 11) is -9.92. The predicted molar refractivity (Wildman–Crippen MR) is 381 cm³/mol. The summed E-state index contributed by atoms with van der Waals surface area (Å²) in [6.07, 6.45) is 61.6. The van der Waals surface area contributed by atoms with Gasteiger partial charge >= 0.3 is 39.5 Å². The summed E-state index contributed by atoms with van der Waals surface area (Å²) in [5.74, 6) is -2.14. The average molecular weight is 1380 g/mol. The number of rotatable bonds is 74. The van der Waals surface area contributed by atoms with Crippen molar-refractivity contribution < 1.29 is 80.2 Å². The zero-order chi connectivity index (χ0) is 69.0. The molecule has 2 unspecified atom stereocenters. The Hall–Kier alpha value is -2.46. The number of phosphoric ester groups is 2. The third-order valence-corrected chi connectivity index (χ3v) is 18.9. The fraction of sp³-hybridized carbons (Fsp3) is 0.893. The van der Waals surface area contributed by atoms with Crippen molar-refractivity contribution in [1.29, 1.82) is 0 Å². The first kappa shape index (κ1) is 91.5. The van der Waals surface area contributed by atoms with Crippen LogP contribution in [0.25, 0.3) is 0 Å². The van der Waals surface area contributed by atoms with Gasteiger partial charge in [0.1, 0.15) is 19.3 Å². The van der Waals surface area contributed by atoms with Crippen molar-refractivity contribution in [3.8, 4) is 0 Å². The molecule has 0 saturated carbocycles. The lowest BCUT2D eigenvalue weighted by Crippen LogP contribution is -2.30. The van der Waals surface area contributed by atoms with Gasteiger partial charge in [0.05, 0.1) is 26.4 Å². The summed E-state index contributed by atoms with van der Waals surface area (Å²) in [5.41, 5.74) is 0. The lowest BCUT2D eigenvalue weighted by molar-refractivity contribution is -0.161. The zero-order valence-electron chi connectivity index (χ0n) is 60.4. The largest absolute Gasteiger partial charge is 0.472 e.